The highest BCUT2D eigenvalue weighted by Crippen LogP contribution is 2.06. The first-order chi connectivity index (χ1) is 6.50. The van der Waals surface area contributed by atoms with Gasteiger partial charge in [0.25, 0.3) is 0 Å². The zero-order chi connectivity index (χ0) is 10.7. The molecule has 0 aliphatic heterocycles. The zero-order valence-corrected chi connectivity index (χ0v) is 7.65. The molecule has 1 rings (SSSR count). The van der Waals surface area contributed by atoms with E-state index < -0.39 is 12.1 Å². The van der Waals surface area contributed by atoms with Gasteiger partial charge in [-0.15, -0.1) is 0 Å². The Hall–Kier alpha value is -1.62. The molecule has 5 heteroatoms. The van der Waals surface area contributed by atoms with Crippen LogP contribution in [0, 0.1) is 0 Å². The normalized spacial score (nSPS) is 12.4. The molecule has 0 saturated carbocycles. The molecule has 0 aliphatic carbocycles. The maximum atomic E-state index is 10.9. The highest BCUT2D eigenvalue weighted by Gasteiger charge is 2.12. The number of aromatic nitrogens is 1. The van der Waals surface area contributed by atoms with E-state index in [2.05, 4.69) is 4.98 Å². The third-order valence-corrected chi connectivity index (χ3v) is 1.73. The van der Waals surface area contributed by atoms with Gasteiger partial charge in [-0.1, -0.05) is 0 Å². The minimum Gasteiger partial charge on any atom is -0.478 e. The van der Waals surface area contributed by atoms with Crippen molar-refractivity contribution in [2.24, 2.45) is 0 Å². The molecule has 0 bridgehead atoms. The lowest BCUT2D eigenvalue weighted by atomic mass is 10.1. The summed E-state index contributed by atoms with van der Waals surface area (Å²) in [5.74, 6) is -1.11. The van der Waals surface area contributed by atoms with E-state index in [0.29, 0.717) is 0 Å². The fourth-order valence-electron chi connectivity index (χ4n) is 1.17. The first-order valence-corrected chi connectivity index (χ1v) is 4.14. The van der Waals surface area contributed by atoms with Crippen LogP contribution < -0.4 is 5.56 Å². The van der Waals surface area contributed by atoms with E-state index >= 15 is 0 Å². The molecule has 1 unspecified atom stereocenters. The van der Waals surface area contributed by atoms with E-state index in [-0.39, 0.29) is 23.2 Å². The number of aliphatic hydroxyl groups is 1. The van der Waals surface area contributed by atoms with Crippen LogP contribution in [0.4, 0.5) is 0 Å². The molecule has 0 spiro atoms. The van der Waals surface area contributed by atoms with Gasteiger partial charge in [0.2, 0.25) is 5.56 Å². The van der Waals surface area contributed by atoms with Crippen LogP contribution in [0.2, 0.25) is 0 Å². The summed E-state index contributed by atoms with van der Waals surface area (Å²) in [5.41, 5.74) is -0.101. The van der Waals surface area contributed by atoms with Crippen LogP contribution in [0.5, 0.6) is 0 Å². The predicted octanol–water partition coefficient (Wildman–Crippen LogP) is -0.00360. The summed E-state index contributed by atoms with van der Waals surface area (Å²) in [6, 6.07) is 2.38. The molecule has 1 aromatic rings. The first-order valence-electron chi connectivity index (χ1n) is 4.14. The van der Waals surface area contributed by atoms with Gasteiger partial charge in [-0.05, 0) is 13.0 Å². The summed E-state index contributed by atoms with van der Waals surface area (Å²) in [7, 11) is 0. The molecule has 14 heavy (non-hydrogen) atoms. The summed E-state index contributed by atoms with van der Waals surface area (Å²) in [5, 5.41) is 17.9. The van der Waals surface area contributed by atoms with Crippen molar-refractivity contribution in [3.05, 3.63) is 33.7 Å². The Morgan fingerprint density at radius 3 is 2.71 bits per heavy atom. The van der Waals surface area contributed by atoms with Crippen molar-refractivity contribution in [3.8, 4) is 0 Å². The standard InChI is InChI=1S/C9H11NO4/c1-5(11)4-7-6(9(13)14)2-3-8(12)10-7/h2-3,5,11H,4H2,1H3,(H,10,12)(H,13,14). The minimum atomic E-state index is -1.11. The predicted molar refractivity (Wildman–Crippen MR) is 49.4 cm³/mol. The molecule has 0 fully saturated rings. The maximum Gasteiger partial charge on any atom is 0.337 e. The fraction of sp³-hybridized carbons (Fsp3) is 0.333. The van der Waals surface area contributed by atoms with Crippen LogP contribution in [0.25, 0.3) is 0 Å². The van der Waals surface area contributed by atoms with Crippen LogP contribution in [-0.2, 0) is 6.42 Å². The highest BCUT2D eigenvalue weighted by molar-refractivity contribution is 5.88. The Labute approximate surface area is 80.0 Å². The number of aromatic amines is 1. The maximum absolute atomic E-state index is 10.9. The number of pyridine rings is 1. The van der Waals surface area contributed by atoms with Crippen molar-refractivity contribution < 1.29 is 15.0 Å². The van der Waals surface area contributed by atoms with Crippen LogP contribution in [-0.4, -0.2) is 27.3 Å². The Morgan fingerprint density at radius 1 is 1.57 bits per heavy atom. The van der Waals surface area contributed by atoms with Gasteiger partial charge in [0.05, 0.1) is 11.7 Å². The molecule has 0 aromatic carbocycles. The lowest BCUT2D eigenvalue weighted by molar-refractivity contribution is 0.0694. The Balaban J connectivity index is 3.16. The Bertz CT molecular complexity index is 394. The molecule has 0 radical (unpaired) electrons. The lowest BCUT2D eigenvalue weighted by Gasteiger charge is -2.06. The molecule has 0 saturated heterocycles. The minimum absolute atomic E-state index is 0.0190. The van der Waals surface area contributed by atoms with Gasteiger partial charge < -0.3 is 15.2 Å². The van der Waals surface area contributed by atoms with Gasteiger partial charge in [-0.25, -0.2) is 4.79 Å². The molecule has 5 nitrogen and oxygen atoms in total. The van der Waals surface area contributed by atoms with Crippen LogP contribution in [0.15, 0.2) is 16.9 Å². The number of carbonyl (C=O) groups is 1. The molecule has 1 heterocycles. The number of rotatable bonds is 3. The van der Waals surface area contributed by atoms with Crippen molar-refractivity contribution in [1.82, 2.24) is 4.98 Å². The molecular weight excluding hydrogens is 186 g/mol. The monoisotopic (exact) mass is 197 g/mol. The van der Waals surface area contributed by atoms with Gasteiger partial charge in [0, 0.05) is 18.2 Å². The zero-order valence-electron chi connectivity index (χ0n) is 7.65. The number of H-pyrrole nitrogens is 1. The van der Waals surface area contributed by atoms with Crippen LogP contribution >= 0.6 is 0 Å². The third kappa shape index (κ3) is 2.43. The smallest absolute Gasteiger partial charge is 0.337 e. The first kappa shape index (κ1) is 10.5. The highest BCUT2D eigenvalue weighted by atomic mass is 16.4. The second-order valence-electron chi connectivity index (χ2n) is 3.07. The topological polar surface area (TPSA) is 90.4 Å². The van der Waals surface area contributed by atoms with Gasteiger partial charge in [0.1, 0.15) is 0 Å². The van der Waals surface area contributed by atoms with Gasteiger partial charge in [0.15, 0.2) is 0 Å². The number of nitrogens with one attached hydrogen (secondary N) is 1. The second kappa shape index (κ2) is 4.06. The lowest BCUT2D eigenvalue weighted by Crippen LogP contribution is -2.17. The molecular formula is C9H11NO4. The van der Waals surface area contributed by atoms with Crippen LogP contribution in [0.3, 0.4) is 0 Å². The van der Waals surface area contributed by atoms with Crippen molar-refractivity contribution >= 4 is 5.97 Å². The van der Waals surface area contributed by atoms with E-state index in [1.54, 1.807) is 0 Å². The van der Waals surface area contributed by atoms with Gasteiger partial charge >= 0.3 is 5.97 Å². The summed E-state index contributed by atoms with van der Waals surface area (Å²) in [4.78, 5) is 24.0. The summed E-state index contributed by atoms with van der Waals surface area (Å²) < 4.78 is 0. The summed E-state index contributed by atoms with van der Waals surface area (Å²) >= 11 is 0. The van der Waals surface area contributed by atoms with E-state index in [1.807, 2.05) is 0 Å². The third-order valence-electron chi connectivity index (χ3n) is 1.73. The van der Waals surface area contributed by atoms with E-state index in [4.69, 9.17) is 10.2 Å². The van der Waals surface area contributed by atoms with Crippen molar-refractivity contribution in [1.29, 1.82) is 0 Å². The van der Waals surface area contributed by atoms with E-state index in [1.165, 1.54) is 13.0 Å². The van der Waals surface area contributed by atoms with E-state index in [9.17, 15) is 9.59 Å². The molecule has 1 aromatic heterocycles. The molecule has 0 amide bonds. The van der Waals surface area contributed by atoms with Crippen molar-refractivity contribution in [3.63, 3.8) is 0 Å². The number of carboxylic acids is 1. The Morgan fingerprint density at radius 2 is 2.21 bits per heavy atom. The second-order valence-corrected chi connectivity index (χ2v) is 3.07. The number of aliphatic hydroxyl groups excluding tert-OH is 1. The molecule has 76 valence electrons. The largest absolute Gasteiger partial charge is 0.478 e. The molecule has 3 N–H and O–H groups in total. The summed E-state index contributed by atoms with van der Waals surface area (Å²) in [6.45, 7) is 1.52. The van der Waals surface area contributed by atoms with Crippen molar-refractivity contribution in [2.75, 3.05) is 0 Å². The van der Waals surface area contributed by atoms with E-state index in [0.717, 1.165) is 6.07 Å². The van der Waals surface area contributed by atoms with Gasteiger partial charge in [-0.3, -0.25) is 4.79 Å². The SMILES string of the molecule is CC(O)Cc1[nH]c(=O)ccc1C(=O)O. The van der Waals surface area contributed by atoms with Crippen molar-refractivity contribution in [2.45, 2.75) is 19.4 Å². The number of aromatic carboxylic acids is 1. The van der Waals surface area contributed by atoms with Gasteiger partial charge in [-0.2, -0.15) is 0 Å². The number of hydrogen-bond acceptors (Lipinski definition) is 3. The quantitative estimate of drug-likeness (QED) is 0.636. The Kier molecular flexibility index (Phi) is 3.03. The number of carboxylic acid groups (broad SMARTS) is 1. The average Bonchev–Trinajstić information content (AvgIpc) is 2.01. The average molecular weight is 197 g/mol. The molecule has 1 atom stereocenters. The summed E-state index contributed by atoms with van der Waals surface area (Å²) in [6.07, 6.45) is -0.566. The number of hydrogen-bond donors (Lipinski definition) is 3. The fourth-order valence-corrected chi connectivity index (χ4v) is 1.17. The van der Waals surface area contributed by atoms with Crippen LogP contribution in [0.1, 0.15) is 23.0 Å². The molecule has 0 aliphatic rings.